The van der Waals surface area contributed by atoms with Crippen molar-refractivity contribution in [2.24, 2.45) is 0 Å². The van der Waals surface area contributed by atoms with Crippen molar-refractivity contribution in [3.05, 3.63) is 11.9 Å². The van der Waals surface area contributed by atoms with E-state index in [1.165, 1.54) is 0 Å². The molecule has 1 N–H and O–H groups in total. The summed E-state index contributed by atoms with van der Waals surface area (Å²) in [5, 5.41) is 3.38. The maximum atomic E-state index is 12.3. The van der Waals surface area contributed by atoms with E-state index < -0.39 is 0 Å². The monoisotopic (exact) mass is 238 g/mol. The molecule has 16 heavy (non-hydrogen) atoms. The SMILES string of the molecule is O=C(c1cnsn1)N1C2CCNCC1CC2. The number of aromatic nitrogens is 2. The zero-order valence-corrected chi connectivity index (χ0v) is 9.74. The highest BCUT2D eigenvalue weighted by atomic mass is 32.1. The second-order valence-electron chi connectivity index (χ2n) is 4.38. The Balaban J connectivity index is 1.85. The summed E-state index contributed by atoms with van der Waals surface area (Å²) in [5.74, 6) is 0.0601. The van der Waals surface area contributed by atoms with Crippen LogP contribution < -0.4 is 5.32 Å². The van der Waals surface area contributed by atoms with Crippen molar-refractivity contribution in [3.63, 3.8) is 0 Å². The molecule has 2 fully saturated rings. The van der Waals surface area contributed by atoms with E-state index in [0.717, 1.165) is 44.1 Å². The lowest BCUT2D eigenvalue weighted by Gasteiger charge is -2.26. The lowest BCUT2D eigenvalue weighted by atomic mass is 10.1. The fraction of sp³-hybridized carbons (Fsp3) is 0.700. The van der Waals surface area contributed by atoms with Gasteiger partial charge in [-0.3, -0.25) is 4.79 Å². The Morgan fingerprint density at radius 1 is 1.44 bits per heavy atom. The summed E-state index contributed by atoms with van der Waals surface area (Å²) in [7, 11) is 0. The zero-order valence-electron chi connectivity index (χ0n) is 8.93. The lowest BCUT2D eigenvalue weighted by molar-refractivity contribution is 0.0675. The smallest absolute Gasteiger partial charge is 0.275 e. The maximum Gasteiger partial charge on any atom is 0.275 e. The number of carbonyl (C=O) groups excluding carboxylic acids is 1. The molecule has 86 valence electrons. The number of rotatable bonds is 1. The summed E-state index contributed by atoms with van der Waals surface area (Å²) in [4.78, 5) is 14.3. The third-order valence-corrected chi connectivity index (χ3v) is 3.95. The number of amides is 1. The van der Waals surface area contributed by atoms with Crippen molar-refractivity contribution in [2.45, 2.75) is 31.3 Å². The first-order chi connectivity index (χ1) is 7.86. The molecule has 0 saturated carbocycles. The van der Waals surface area contributed by atoms with Gasteiger partial charge in [-0.25, -0.2) is 0 Å². The molecule has 1 aromatic heterocycles. The Morgan fingerprint density at radius 3 is 3.12 bits per heavy atom. The minimum Gasteiger partial charge on any atom is -0.330 e. The largest absolute Gasteiger partial charge is 0.330 e. The maximum absolute atomic E-state index is 12.3. The van der Waals surface area contributed by atoms with Crippen LogP contribution in [0.15, 0.2) is 6.20 Å². The second kappa shape index (κ2) is 4.10. The summed E-state index contributed by atoms with van der Waals surface area (Å²) in [6, 6.07) is 0.746. The van der Waals surface area contributed by atoms with Crippen LogP contribution >= 0.6 is 11.7 Å². The first-order valence-electron chi connectivity index (χ1n) is 5.67. The molecule has 1 amide bonds. The molecule has 3 heterocycles. The Morgan fingerprint density at radius 2 is 2.31 bits per heavy atom. The van der Waals surface area contributed by atoms with Gasteiger partial charge < -0.3 is 10.2 Å². The third kappa shape index (κ3) is 1.62. The molecule has 1 aromatic rings. The number of fused-ring (bicyclic) bond motifs is 2. The van der Waals surface area contributed by atoms with Crippen molar-refractivity contribution in [1.29, 1.82) is 0 Å². The predicted octanol–water partition coefficient (Wildman–Crippen LogP) is 0.505. The molecule has 2 aliphatic rings. The molecule has 6 heteroatoms. The van der Waals surface area contributed by atoms with E-state index >= 15 is 0 Å². The van der Waals surface area contributed by atoms with E-state index in [4.69, 9.17) is 0 Å². The number of hydrogen-bond acceptors (Lipinski definition) is 5. The van der Waals surface area contributed by atoms with Crippen LogP contribution in [-0.2, 0) is 0 Å². The molecule has 2 saturated heterocycles. The molecule has 2 unspecified atom stereocenters. The van der Waals surface area contributed by atoms with E-state index in [0.29, 0.717) is 17.8 Å². The Hall–Kier alpha value is -1.01. The normalized spacial score (nSPS) is 29.1. The summed E-state index contributed by atoms with van der Waals surface area (Å²) in [6.45, 7) is 1.93. The van der Waals surface area contributed by atoms with E-state index in [1.807, 2.05) is 4.90 Å². The van der Waals surface area contributed by atoms with Crippen LogP contribution in [0.1, 0.15) is 29.8 Å². The van der Waals surface area contributed by atoms with Gasteiger partial charge in [0, 0.05) is 18.6 Å². The fourth-order valence-corrected chi connectivity index (χ4v) is 3.11. The number of hydrogen-bond donors (Lipinski definition) is 1. The van der Waals surface area contributed by atoms with Crippen LogP contribution in [0, 0.1) is 0 Å². The van der Waals surface area contributed by atoms with Crippen molar-refractivity contribution in [1.82, 2.24) is 19.0 Å². The van der Waals surface area contributed by atoms with Crippen molar-refractivity contribution in [2.75, 3.05) is 13.1 Å². The lowest BCUT2D eigenvalue weighted by Crippen LogP contribution is -2.42. The van der Waals surface area contributed by atoms with E-state index in [1.54, 1.807) is 6.20 Å². The molecule has 2 atom stereocenters. The summed E-state index contributed by atoms with van der Waals surface area (Å²) in [5.41, 5.74) is 0.504. The molecule has 3 rings (SSSR count). The van der Waals surface area contributed by atoms with Gasteiger partial charge in [0.25, 0.3) is 5.91 Å². The molecular weight excluding hydrogens is 224 g/mol. The van der Waals surface area contributed by atoms with E-state index in [9.17, 15) is 4.79 Å². The number of carbonyl (C=O) groups is 1. The van der Waals surface area contributed by atoms with Crippen molar-refractivity contribution in [3.8, 4) is 0 Å². The highest BCUT2D eigenvalue weighted by molar-refractivity contribution is 6.99. The van der Waals surface area contributed by atoms with Crippen LogP contribution in [0.4, 0.5) is 0 Å². The van der Waals surface area contributed by atoms with Crippen LogP contribution in [0.5, 0.6) is 0 Å². The van der Waals surface area contributed by atoms with Crippen LogP contribution in [0.25, 0.3) is 0 Å². The van der Waals surface area contributed by atoms with Gasteiger partial charge in [-0.1, -0.05) is 0 Å². The zero-order chi connectivity index (χ0) is 11.0. The summed E-state index contributed by atoms with van der Waals surface area (Å²) in [6.07, 6.45) is 4.88. The van der Waals surface area contributed by atoms with Gasteiger partial charge in [0.1, 0.15) is 0 Å². The van der Waals surface area contributed by atoms with Gasteiger partial charge in [0.15, 0.2) is 5.69 Å². The minimum absolute atomic E-state index is 0.0601. The molecular formula is C10H14N4OS. The Kier molecular flexibility index (Phi) is 2.61. The average Bonchev–Trinajstić information content (AvgIpc) is 2.84. The average molecular weight is 238 g/mol. The first kappa shape index (κ1) is 10.2. The molecule has 0 radical (unpaired) electrons. The predicted molar refractivity (Wildman–Crippen MR) is 60.4 cm³/mol. The number of nitrogens with one attached hydrogen (secondary N) is 1. The van der Waals surface area contributed by atoms with Gasteiger partial charge >= 0.3 is 0 Å². The standard InChI is InChI=1S/C10H14N4OS/c15-10(9-6-12-16-13-9)14-7-1-2-8(14)5-11-4-3-7/h6-8,11H,1-5H2. The Labute approximate surface area is 98.2 Å². The van der Waals surface area contributed by atoms with Gasteiger partial charge in [0.05, 0.1) is 17.9 Å². The van der Waals surface area contributed by atoms with Crippen LogP contribution in [-0.4, -0.2) is 44.7 Å². The van der Waals surface area contributed by atoms with Gasteiger partial charge in [-0.05, 0) is 25.8 Å². The van der Waals surface area contributed by atoms with Crippen LogP contribution in [0.2, 0.25) is 0 Å². The highest BCUT2D eigenvalue weighted by Crippen LogP contribution is 2.29. The quantitative estimate of drug-likeness (QED) is 0.774. The van der Waals surface area contributed by atoms with Gasteiger partial charge in [0.2, 0.25) is 0 Å². The fourth-order valence-electron chi connectivity index (χ4n) is 2.71. The Bertz CT molecular complexity index is 366. The van der Waals surface area contributed by atoms with Crippen molar-refractivity contribution < 1.29 is 4.79 Å². The van der Waals surface area contributed by atoms with E-state index in [-0.39, 0.29) is 5.91 Å². The summed E-state index contributed by atoms with van der Waals surface area (Å²) >= 11 is 1.10. The van der Waals surface area contributed by atoms with Gasteiger partial charge in [-0.15, -0.1) is 0 Å². The van der Waals surface area contributed by atoms with E-state index in [2.05, 4.69) is 14.1 Å². The van der Waals surface area contributed by atoms with Crippen molar-refractivity contribution >= 4 is 17.6 Å². The number of nitrogens with zero attached hydrogens (tertiary/aromatic N) is 3. The molecule has 2 bridgehead atoms. The molecule has 2 aliphatic heterocycles. The molecule has 0 aromatic carbocycles. The second-order valence-corrected chi connectivity index (χ2v) is 4.94. The topological polar surface area (TPSA) is 58.1 Å². The van der Waals surface area contributed by atoms with Crippen LogP contribution in [0.3, 0.4) is 0 Å². The molecule has 0 spiro atoms. The molecule has 0 aliphatic carbocycles. The third-order valence-electron chi connectivity index (χ3n) is 3.47. The highest BCUT2D eigenvalue weighted by Gasteiger charge is 2.38. The summed E-state index contributed by atoms with van der Waals surface area (Å²) < 4.78 is 7.94. The first-order valence-corrected chi connectivity index (χ1v) is 6.40. The minimum atomic E-state index is 0.0601. The molecule has 5 nitrogen and oxygen atoms in total. The van der Waals surface area contributed by atoms with Gasteiger partial charge in [-0.2, -0.15) is 8.75 Å².